The SMILES string of the molecule is COc1ccc(OC)c(Sc2nc3c(N)ncn(CC4(c5ccc(Cl)cc5)CC4)c-3n2)c1. The van der Waals surface area contributed by atoms with Crippen LogP contribution in [0.4, 0.5) is 5.82 Å². The van der Waals surface area contributed by atoms with Crippen molar-refractivity contribution in [2.24, 2.45) is 0 Å². The van der Waals surface area contributed by atoms with Crippen molar-refractivity contribution in [2.75, 3.05) is 20.0 Å². The molecule has 0 spiro atoms. The Hall–Kier alpha value is -2.97. The molecule has 32 heavy (non-hydrogen) atoms. The fourth-order valence-corrected chi connectivity index (χ4v) is 4.89. The lowest BCUT2D eigenvalue weighted by Gasteiger charge is -2.19. The van der Waals surface area contributed by atoms with Crippen molar-refractivity contribution in [1.29, 1.82) is 0 Å². The summed E-state index contributed by atoms with van der Waals surface area (Å²) >= 11 is 7.49. The minimum Gasteiger partial charge on any atom is -0.497 e. The van der Waals surface area contributed by atoms with E-state index in [0.717, 1.165) is 46.6 Å². The Bertz CT molecular complexity index is 1240. The molecule has 1 fully saturated rings. The highest BCUT2D eigenvalue weighted by Crippen LogP contribution is 2.50. The molecule has 1 saturated carbocycles. The van der Waals surface area contributed by atoms with Crippen molar-refractivity contribution in [3.05, 3.63) is 59.4 Å². The molecule has 0 bridgehead atoms. The summed E-state index contributed by atoms with van der Waals surface area (Å²) in [7, 11) is 3.27. The average Bonchev–Trinajstić information content (AvgIpc) is 3.46. The number of hydrogen-bond acceptors (Lipinski definition) is 7. The summed E-state index contributed by atoms with van der Waals surface area (Å²) in [5.74, 6) is 2.55. The molecule has 7 nitrogen and oxygen atoms in total. The van der Waals surface area contributed by atoms with Crippen LogP contribution in [0.25, 0.3) is 11.5 Å². The van der Waals surface area contributed by atoms with Gasteiger partial charge in [0, 0.05) is 17.0 Å². The van der Waals surface area contributed by atoms with Gasteiger partial charge in [-0.15, -0.1) is 0 Å². The first kappa shape index (κ1) is 20.9. The second kappa shape index (κ2) is 8.18. The number of benzene rings is 2. The van der Waals surface area contributed by atoms with Gasteiger partial charge in [0.05, 0.1) is 25.4 Å². The van der Waals surface area contributed by atoms with Crippen LogP contribution >= 0.6 is 23.4 Å². The van der Waals surface area contributed by atoms with Crippen molar-refractivity contribution >= 4 is 29.2 Å². The molecule has 2 aromatic rings. The predicted octanol–water partition coefficient (Wildman–Crippen LogP) is 4.91. The van der Waals surface area contributed by atoms with Gasteiger partial charge in [0.15, 0.2) is 22.5 Å². The summed E-state index contributed by atoms with van der Waals surface area (Å²) < 4.78 is 12.9. The molecule has 0 unspecified atom stereocenters. The van der Waals surface area contributed by atoms with Crippen molar-refractivity contribution in [3.8, 4) is 23.0 Å². The topological polar surface area (TPSA) is 88.1 Å². The summed E-state index contributed by atoms with van der Waals surface area (Å²) in [5, 5.41) is 1.32. The summed E-state index contributed by atoms with van der Waals surface area (Å²) in [4.78, 5) is 14.7. The van der Waals surface area contributed by atoms with Crippen LogP contribution < -0.4 is 15.2 Å². The minimum atomic E-state index is 0.0578. The van der Waals surface area contributed by atoms with E-state index in [0.29, 0.717) is 16.7 Å². The van der Waals surface area contributed by atoms with E-state index < -0.39 is 0 Å². The maximum absolute atomic E-state index is 6.15. The van der Waals surface area contributed by atoms with Crippen LogP contribution in [0.1, 0.15) is 18.4 Å². The van der Waals surface area contributed by atoms with E-state index in [9.17, 15) is 0 Å². The van der Waals surface area contributed by atoms with Gasteiger partial charge < -0.3 is 19.8 Å². The van der Waals surface area contributed by atoms with E-state index in [-0.39, 0.29) is 5.41 Å². The van der Waals surface area contributed by atoms with Crippen molar-refractivity contribution in [3.63, 3.8) is 0 Å². The number of rotatable bonds is 7. The normalized spacial score (nSPS) is 14.5. The molecule has 2 aliphatic heterocycles. The summed E-state index contributed by atoms with van der Waals surface area (Å²) in [6, 6.07) is 13.7. The predicted molar refractivity (Wildman–Crippen MR) is 125 cm³/mol. The minimum absolute atomic E-state index is 0.0578. The van der Waals surface area contributed by atoms with Crippen LogP contribution in [0.15, 0.2) is 58.8 Å². The van der Waals surface area contributed by atoms with Gasteiger partial charge in [0.25, 0.3) is 0 Å². The second-order valence-corrected chi connectivity index (χ2v) is 9.29. The number of methoxy groups -OCH3 is 2. The van der Waals surface area contributed by atoms with Gasteiger partial charge in [0.2, 0.25) is 0 Å². The van der Waals surface area contributed by atoms with Crippen LogP contribution in [0, 0.1) is 0 Å². The van der Waals surface area contributed by atoms with Gasteiger partial charge in [-0.3, -0.25) is 0 Å². The number of ether oxygens (including phenoxy) is 2. The van der Waals surface area contributed by atoms with Crippen LogP contribution in [-0.4, -0.2) is 33.7 Å². The fourth-order valence-electron chi connectivity index (χ4n) is 3.88. The third kappa shape index (κ3) is 3.84. The Kier molecular flexibility index (Phi) is 5.35. The van der Waals surface area contributed by atoms with Gasteiger partial charge in [-0.05, 0) is 60.5 Å². The standard InChI is InChI=1S/C23H22ClN5O2S/c1-30-16-7-8-17(31-2)18(11-16)32-22-27-19-20(25)26-13-29(21(19)28-22)12-23(9-10-23)14-3-5-15(24)6-4-14/h3-8,11,13H,9-10,12,25H2,1-2H3. The van der Waals surface area contributed by atoms with Crippen molar-refractivity contribution < 1.29 is 9.47 Å². The lowest BCUT2D eigenvalue weighted by molar-refractivity contribution is 0.394. The van der Waals surface area contributed by atoms with Crippen molar-refractivity contribution in [1.82, 2.24) is 19.5 Å². The first-order valence-corrected chi connectivity index (χ1v) is 11.3. The molecule has 0 amide bonds. The molecule has 1 aliphatic carbocycles. The average molecular weight is 468 g/mol. The molecule has 5 rings (SSSR count). The van der Waals surface area contributed by atoms with Crippen molar-refractivity contribution in [2.45, 2.75) is 34.9 Å². The van der Waals surface area contributed by atoms with Crippen LogP contribution in [0.2, 0.25) is 5.02 Å². The molecule has 164 valence electrons. The van der Waals surface area contributed by atoms with E-state index in [1.807, 2.05) is 34.9 Å². The zero-order chi connectivity index (χ0) is 22.3. The van der Waals surface area contributed by atoms with Gasteiger partial charge in [-0.2, -0.15) is 0 Å². The smallest absolute Gasteiger partial charge is 0.195 e. The second-order valence-electron chi connectivity index (χ2n) is 7.84. The number of aromatic nitrogens is 4. The Labute approximate surface area is 195 Å². The lowest BCUT2D eigenvalue weighted by atomic mass is 9.96. The number of hydrogen-bond donors (Lipinski definition) is 1. The first-order valence-electron chi connectivity index (χ1n) is 10.2. The Balaban J connectivity index is 1.48. The van der Waals surface area contributed by atoms with E-state index in [2.05, 4.69) is 22.1 Å². The maximum atomic E-state index is 6.15. The maximum Gasteiger partial charge on any atom is 0.195 e. The number of anilines is 1. The largest absolute Gasteiger partial charge is 0.497 e. The quantitative estimate of drug-likeness (QED) is 0.413. The van der Waals surface area contributed by atoms with E-state index in [1.54, 1.807) is 20.5 Å². The molecule has 2 aromatic carbocycles. The molecule has 0 aromatic heterocycles. The molecule has 0 atom stereocenters. The van der Waals surface area contributed by atoms with Gasteiger partial charge in [-0.1, -0.05) is 23.7 Å². The van der Waals surface area contributed by atoms with E-state index >= 15 is 0 Å². The zero-order valence-electron chi connectivity index (χ0n) is 17.7. The van der Waals surface area contributed by atoms with Gasteiger partial charge >= 0.3 is 0 Å². The third-order valence-corrected chi connectivity index (χ3v) is 6.98. The molecule has 9 heteroatoms. The highest BCUT2D eigenvalue weighted by molar-refractivity contribution is 7.99. The van der Waals surface area contributed by atoms with Gasteiger partial charge in [-0.25, -0.2) is 15.0 Å². The molecular weight excluding hydrogens is 446 g/mol. The number of imidazole rings is 1. The lowest BCUT2D eigenvalue weighted by Crippen LogP contribution is -2.19. The monoisotopic (exact) mass is 467 g/mol. The highest BCUT2D eigenvalue weighted by Gasteiger charge is 2.45. The van der Waals surface area contributed by atoms with Crippen LogP contribution in [0.3, 0.4) is 0 Å². The molecule has 2 N–H and O–H groups in total. The van der Waals surface area contributed by atoms with E-state index in [4.69, 9.17) is 31.8 Å². The number of nitrogens with zero attached hydrogens (tertiary/aromatic N) is 4. The fraction of sp³-hybridized carbons (Fsp3) is 0.261. The molecule has 3 aliphatic rings. The summed E-state index contributed by atoms with van der Waals surface area (Å²) in [6.07, 6.45) is 3.96. The molecule has 0 saturated heterocycles. The van der Waals surface area contributed by atoms with Crippen LogP contribution in [-0.2, 0) is 12.0 Å². The first-order chi connectivity index (χ1) is 15.5. The Morgan fingerprint density at radius 1 is 1.09 bits per heavy atom. The number of nitrogens with two attached hydrogens (primary N) is 1. The number of nitrogen functional groups attached to an aromatic ring is 1. The Morgan fingerprint density at radius 2 is 1.88 bits per heavy atom. The summed E-state index contributed by atoms with van der Waals surface area (Å²) in [6.45, 7) is 0.754. The van der Waals surface area contributed by atoms with Gasteiger partial charge in [0.1, 0.15) is 11.5 Å². The third-order valence-electron chi connectivity index (χ3n) is 5.83. The summed E-state index contributed by atoms with van der Waals surface area (Å²) in [5.41, 5.74) is 8.08. The van der Waals surface area contributed by atoms with Crippen LogP contribution in [0.5, 0.6) is 11.5 Å². The van der Waals surface area contributed by atoms with E-state index in [1.165, 1.54) is 17.3 Å². The molecular formula is C23H22ClN5O2S. The number of halogens is 1. The molecule has 0 radical (unpaired) electrons. The highest BCUT2D eigenvalue weighted by atomic mass is 35.5. The molecule has 2 heterocycles. The zero-order valence-corrected chi connectivity index (χ0v) is 19.3. The Morgan fingerprint density at radius 3 is 2.56 bits per heavy atom. The number of fused-ring (bicyclic) bond motifs is 1.